The minimum absolute atomic E-state index is 0.0332. The van der Waals surface area contributed by atoms with Crippen LogP contribution >= 0.6 is 0 Å². The van der Waals surface area contributed by atoms with Gasteiger partial charge < -0.3 is 24.1 Å². The van der Waals surface area contributed by atoms with Crippen LogP contribution in [0.4, 0.5) is 30.7 Å². The molecule has 5 atom stereocenters. The predicted octanol–water partition coefficient (Wildman–Crippen LogP) is 6.43. The number of benzene rings is 2. The SMILES string of the molecule is C[C@@H](O[C@@H]1OC[C@H](O)[C@H](OC(C)(C)C)[C@H]1OCc1ccc(F)cc1)c1cc(C(F)(F)F)cc(C(F)(F)F)c1. The summed E-state index contributed by atoms with van der Waals surface area (Å²) in [5, 5.41) is 10.6. The number of hydrogen-bond acceptors (Lipinski definition) is 5. The number of aliphatic hydroxyl groups is 1. The fourth-order valence-electron chi connectivity index (χ4n) is 3.87. The van der Waals surface area contributed by atoms with E-state index in [0.29, 0.717) is 17.7 Å². The van der Waals surface area contributed by atoms with Crippen LogP contribution in [0.15, 0.2) is 42.5 Å². The summed E-state index contributed by atoms with van der Waals surface area (Å²) in [7, 11) is 0. The third-order valence-corrected chi connectivity index (χ3v) is 5.67. The summed E-state index contributed by atoms with van der Waals surface area (Å²) in [5.41, 5.74) is -3.54. The van der Waals surface area contributed by atoms with Crippen LogP contribution in [0.2, 0.25) is 0 Å². The molecule has 12 heteroatoms. The monoisotopic (exact) mass is 554 g/mol. The number of alkyl halides is 6. The summed E-state index contributed by atoms with van der Waals surface area (Å²) in [4.78, 5) is 0. The fourth-order valence-corrected chi connectivity index (χ4v) is 3.87. The summed E-state index contributed by atoms with van der Waals surface area (Å²) in [6.07, 6.45) is -16.0. The van der Waals surface area contributed by atoms with Gasteiger partial charge >= 0.3 is 12.4 Å². The van der Waals surface area contributed by atoms with Gasteiger partial charge in [-0.2, -0.15) is 26.3 Å². The third-order valence-electron chi connectivity index (χ3n) is 5.67. The number of aliphatic hydroxyl groups excluding tert-OH is 1. The lowest BCUT2D eigenvalue weighted by Crippen LogP contribution is -2.57. The van der Waals surface area contributed by atoms with E-state index in [1.165, 1.54) is 31.2 Å². The van der Waals surface area contributed by atoms with E-state index in [9.17, 15) is 35.8 Å². The first-order valence-electron chi connectivity index (χ1n) is 11.7. The van der Waals surface area contributed by atoms with Crippen molar-refractivity contribution in [2.24, 2.45) is 0 Å². The Morgan fingerprint density at radius 2 is 1.47 bits per heavy atom. The summed E-state index contributed by atoms with van der Waals surface area (Å²) in [5.74, 6) is -0.464. The normalized spacial score (nSPS) is 23.9. The van der Waals surface area contributed by atoms with E-state index in [2.05, 4.69) is 0 Å². The lowest BCUT2D eigenvalue weighted by atomic mass is 10.0. The fraction of sp³-hybridized carbons (Fsp3) is 0.538. The smallest absolute Gasteiger partial charge is 0.388 e. The van der Waals surface area contributed by atoms with Gasteiger partial charge in [0.25, 0.3) is 0 Å². The number of ether oxygens (including phenoxy) is 4. The molecule has 2 aromatic rings. The van der Waals surface area contributed by atoms with Crippen molar-refractivity contribution in [1.82, 2.24) is 0 Å². The number of halogens is 7. The second-order valence-electron chi connectivity index (χ2n) is 9.98. The molecule has 0 aromatic heterocycles. The van der Waals surface area contributed by atoms with Gasteiger partial charge in [0.1, 0.15) is 24.1 Å². The molecule has 1 aliphatic rings. The molecule has 0 aliphatic carbocycles. The lowest BCUT2D eigenvalue weighted by molar-refractivity contribution is -0.311. The van der Waals surface area contributed by atoms with E-state index in [4.69, 9.17) is 18.9 Å². The van der Waals surface area contributed by atoms with Crippen LogP contribution in [-0.2, 0) is 37.9 Å². The number of rotatable bonds is 7. The van der Waals surface area contributed by atoms with Crippen LogP contribution in [0.5, 0.6) is 0 Å². The maximum Gasteiger partial charge on any atom is 0.416 e. The highest BCUT2D eigenvalue weighted by atomic mass is 19.4. The van der Waals surface area contributed by atoms with E-state index in [1.807, 2.05) is 0 Å². The molecular weight excluding hydrogens is 525 g/mol. The topological polar surface area (TPSA) is 57.2 Å². The van der Waals surface area contributed by atoms with Gasteiger partial charge in [-0.05, 0) is 69.2 Å². The van der Waals surface area contributed by atoms with Crippen molar-refractivity contribution in [1.29, 1.82) is 0 Å². The van der Waals surface area contributed by atoms with Crippen LogP contribution < -0.4 is 0 Å². The van der Waals surface area contributed by atoms with Crippen molar-refractivity contribution in [2.75, 3.05) is 6.61 Å². The van der Waals surface area contributed by atoms with Crippen LogP contribution in [-0.4, -0.2) is 41.9 Å². The van der Waals surface area contributed by atoms with Gasteiger partial charge in [0.15, 0.2) is 6.29 Å². The van der Waals surface area contributed by atoms with E-state index in [-0.39, 0.29) is 24.8 Å². The molecule has 5 nitrogen and oxygen atoms in total. The van der Waals surface area contributed by atoms with E-state index in [1.54, 1.807) is 20.8 Å². The van der Waals surface area contributed by atoms with Crippen LogP contribution in [0, 0.1) is 5.82 Å². The molecule has 1 saturated heterocycles. The van der Waals surface area contributed by atoms with Crippen molar-refractivity contribution in [3.05, 3.63) is 70.5 Å². The largest absolute Gasteiger partial charge is 0.416 e. The van der Waals surface area contributed by atoms with Crippen molar-refractivity contribution in [3.8, 4) is 0 Å². The van der Waals surface area contributed by atoms with E-state index >= 15 is 0 Å². The molecule has 0 radical (unpaired) electrons. The van der Waals surface area contributed by atoms with Crippen LogP contribution in [0.1, 0.15) is 56.1 Å². The molecule has 1 fully saturated rings. The minimum Gasteiger partial charge on any atom is -0.388 e. The van der Waals surface area contributed by atoms with Gasteiger partial charge in [0, 0.05) is 0 Å². The highest BCUT2D eigenvalue weighted by Gasteiger charge is 2.45. The summed E-state index contributed by atoms with van der Waals surface area (Å²) >= 11 is 0. The van der Waals surface area contributed by atoms with Gasteiger partial charge in [-0.3, -0.25) is 0 Å². The maximum atomic E-state index is 13.3. The molecule has 1 heterocycles. The standard InChI is InChI=1S/C26H29F7O5/c1-14(16-9-17(25(28,29)30)11-18(10-16)26(31,32)33)37-23-22(35-12-15-5-7-19(27)8-6-15)21(20(34)13-36-23)38-24(2,3)4/h5-11,14,20-23,34H,12-13H2,1-4H3/t14-,20+,21+,22-,23+/m1/s1. The van der Waals surface area contributed by atoms with Crippen LogP contribution in [0.25, 0.3) is 0 Å². The molecule has 1 aliphatic heterocycles. The zero-order chi connectivity index (χ0) is 28.5. The first-order valence-corrected chi connectivity index (χ1v) is 11.7. The Hall–Kier alpha value is -2.25. The first-order chi connectivity index (χ1) is 17.4. The van der Waals surface area contributed by atoms with E-state index in [0.717, 1.165) is 0 Å². The van der Waals surface area contributed by atoms with Gasteiger partial charge in [-0.25, -0.2) is 4.39 Å². The van der Waals surface area contributed by atoms with Gasteiger partial charge in [0.2, 0.25) is 0 Å². The van der Waals surface area contributed by atoms with Crippen LogP contribution in [0.3, 0.4) is 0 Å². The lowest BCUT2D eigenvalue weighted by Gasteiger charge is -2.43. The maximum absolute atomic E-state index is 13.3. The van der Waals surface area contributed by atoms with Crippen molar-refractivity contribution in [2.45, 2.75) is 83.0 Å². The highest BCUT2D eigenvalue weighted by Crippen LogP contribution is 2.39. The molecule has 2 aromatic carbocycles. The molecule has 0 saturated carbocycles. The molecule has 0 unspecified atom stereocenters. The Labute approximate surface area is 215 Å². The zero-order valence-corrected chi connectivity index (χ0v) is 21.1. The predicted molar refractivity (Wildman–Crippen MR) is 121 cm³/mol. The first kappa shape index (κ1) is 30.3. The Bertz CT molecular complexity index is 1030. The molecule has 3 rings (SSSR count). The summed E-state index contributed by atoms with van der Waals surface area (Å²) in [6, 6.07) is 6.56. The Morgan fingerprint density at radius 3 is 1.97 bits per heavy atom. The molecule has 1 N–H and O–H groups in total. The summed E-state index contributed by atoms with van der Waals surface area (Å²) in [6.45, 7) is 6.08. The molecule has 212 valence electrons. The molecule has 38 heavy (non-hydrogen) atoms. The Morgan fingerprint density at radius 1 is 0.921 bits per heavy atom. The molecule has 0 bridgehead atoms. The average Bonchev–Trinajstić information content (AvgIpc) is 2.79. The Kier molecular flexibility index (Phi) is 9.14. The third kappa shape index (κ3) is 8.12. The van der Waals surface area contributed by atoms with Gasteiger partial charge in [-0.15, -0.1) is 0 Å². The second-order valence-corrected chi connectivity index (χ2v) is 9.98. The minimum atomic E-state index is -5.02. The molecule has 0 amide bonds. The molecular formula is C26H29F7O5. The average molecular weight is 554 g/mol. The zero-order valence-electron chi connectivity index (χ0n) is 21.1. The van der Waals surface area contributed by atoms with E-state index < -0.39 is 65.6 Å². The quantitative estimate of drug-likeness (QED) is 0.400. The Balaban J connectivity index is 1.90. The van der Waals surface area contributed by atoms with Gasteiger partial charge in [-0.1, -0.05) is 12.1 Å². The van der Waals surface area contributed by atoms with Crippen molar-refractivity contribution in [3.63, 3.8) is 0 Å². The second kappa shape index (κ2) is 11.5. The highest BCUT2D eigenvalue weighted by molar-refractivity contribution is 5.34. The number of hydrogen-bond donors (Lipinski definition) is 1. The van der Waals surface area contributed by atoms with Crippen molar-refractivity contribution >= 4 is 0 Å². The van der Waals surface area contributed by atoms with Gasteiger partial charge in [0.05, 0.1) is 36.0 Å². The summed E-state index contributed by atoms with van der Waals surface area (Å²) < 4.78 is 117. The van der Waals surface area contributed by atoms with Crippen molar-refractivity contribution < 1.29 is 54.8 Å². The molecule has 0 spiro atoms.